The van der Waals surface area contributed by atoms with E-state index in [1.54, 1.807) is 0 Å². The van der Waals surface area contributed by atoms with E-state index in [-0.39, 0.29) is 6.04 Å². The molecule has 2 bridgehead atoms. The minimum Gasteiger partial charge on any atom is -0.300 e. The van der Waals surface area contributed by atoms with E-state index in [0.717, 1.165) is 18.8 Å². The molecule has 0 amide bonds. The summed E-state index contributed by atoms with van der Waals surface area (Å²) in [4.78, 5) is 0. The second kappa shape index (κ2) is 4.32. The summed E-state index contributed by atoms with van der Waals surface area (Å²) in [6, 6.07) is 0.863. The summed E-state index contributed by atoms with van der Waals surface area (Å²) in [5.74, 6) is 3.83. The molecule has 4 unspecified atom stereocenters. The molecule has 1 N–H and O–H groups in total. The predicted molar refractivity (Wildman–Crippen MR) is 73.7 cm³/mol. The average Bonchev–Trinajstić information content (AvgIpc) is 2.74. The normalized spacial score (nSPS) is 40.2. The van der Waals surface area contributed by atoms with E-state index in [9.17, 15) is 0 Å². The van der Waals surface area contributed by atoms with Crippen LogP contribution < -0.4 is 5.32 Å². The summed E-state index contributed by atoms with van der Waals surface area (Å²) in [6.45, 7) is 9.52. The lowest BCUT2D eigenvalue weighted by molar-refractivity contribution is 0.103. The molecule has 1 nitrogen and oxygen atoms in total. The van der Waals surface area contributed by atoms with Crippen LogP contribution in [0.25, 0.3) is 0 Å². The third-order valence-electron chi connectivity index (χ3n) is 5.42. The Morgan fingerprint density at radius 2 is 2.12 bits per heavy atom. The van der Waals surface area contributed by atoms with Crippen LogP contribution in [0.3, 0.4) is 0 Å². The second-order valence-corrected chi connectivity index (χ2v) is 7.02. The summed E-state index contributed by atoms with van der Waals surface area (Å²) >= 11 is 0. The van der Waals surface area contributed by atoms with E-state index in [0.29, 0.717) is 16.9 Å². The van der Waals surface area contributed by atoms with Crippen molar-refractivity contribution >= 4 is 0 Å². The molecule has 2 fully saturated rings. The van der Waals surface area contributed by atoms with Gasteiger partial charge in [0.2, 0.25) is 0 Å². The van der Waals surface area contributed by atoms with Gasteiger partial charge in [0.1, 0.15) is 0 Å². The molecule has 0 aliphatic heterocycles. The molecule has 17 heavy (non-hydrogen) atoms. The highest BCUT2D eigenvalue weighted by molar-refractivity contribution is 5.14. The minimum absolute atomic E-state index is 0.264. The Labute approximate surface area is 107 Å². The van der Waals surface area contributed by atoms with Gasteiger partial charge < -0.3 is 0 Å². The van der Waals surface area contributed by atoms with E-state index < -0.39 is 0 Å². The van der Waals surface area contributed by atoms with Crippen molar-refractivity contribution in [2.75, 3.05) is 0 Å². The van der Waals surface area contributed by atoms with Crippen LogP contribution in [0.4, 0.5) is 0 Å². The van der Waals surface area contributed by atoms with Crippen LogP contribution in [0.2, 0.25) is 0 Å². The Hall–Kier alpha value is -0.480. The van der Waals surface area contributed by atoms with Gasteiger partial charge in [-0.2, -0.15) is 0 Å². The maximum Gasteiger partial charge on any atom is 0.0689 e. The lowest BCUT2D eigenvalue weighted by Crippen LogP contribution is -2.53. The molecule has 0 aromatic rings. The number of nitrogens with one attached hydrogen (secondary N) is 1. The fourth-order valence-electron chi connectivity index (χ4n) is 4.42. The van der Waals surface area contributed by atoms with Crippen molar-refractivity contribution in [1.29, 1.82) is 0 Å². The van der Waals surface area contributed by atoms with E-state index in [4.69, 9.17) is 6.42 Å². The number of hydrogen-bond acceptors (Lipinski definition) is 1. The smallest absolute Gasteiger partial charge is 0.0689 e. The molecular weight excluding hydrogens is 206 g/mol. The fourth-order valence-corrected chi connectivity index (χ4v) is 4.42. The highest BCUT2D eigenvalue weighted by Gasteiger charge is 2.59. The zero-order valence-corrected chi connectivity index (χ0v) is 11.8. The summed E-state index contributed by atoms with van der Waals surface area (Å²) in [7, 11) is 0. The number of hydrogen-bond donors (Lipinski definition) is 1. The summed E-state index contributed by atoms with van der Waals surface area (Å²) in [5, 5.41) is 3.79. The standard InChI is InChI=1S/C16H27N/c1-6-8-13(7-2)17-14-15(3,4)12-9-10-16(14,5)11-12/h2,12-14,17H,6,8-11H2,1,3-5H3. The largest absolute Gasteiger partial charge is 0.300 e. The molecule has 0 aromatic heterocycles. The SMILES string of the molecule is C#CC(CCC)NC1C2(C)CCC(C2)C1(C)C. The van der Waals surface area contributed by atoms with Gasteiger partial charge in [0.15, 0.2) is 0 Å². The highest BCUT2D eigenvalue weighted by atomic mass is 15.0. The summed E-state index contributed by atoms with van der Waals surface area (Å²) < 4.78 is 0. The topological polar surface area (TPSA) is 12.0 Å². The Morgan fingerprint density at radius 1 is 1.41 bits per heavy atom. The van der Waals surface area contributed by atoms with Crippen LogP contribution in [0.5, 0.6) is 0 Å². The fraction of sp³-hybridized carbons (Fsp3) is 0.875. The van der Waals surface area contributed by atoms with Crippen molar-refractivity contribution in [2.45, 2.75) is 71.9 Å². The van der Waals surface area contributed by atoms with Crippen molar-refractivity contribution in [3.05, 3.63) is 0 Å². The summed E-state index contributed by atoms with van der Waals surface area (Å²) in [6.07, 6.45) is 12.1. The van der Waals surface area contributed by atoms with E-state index in [1.807, 2.05) is 0 Å². The molecule has 0 heterocycles. The number of fused-ring (bicyclic) bond motifs is 2. The molecule has 0 saturated heterocycles. The first-order valence-electron chi connectivity index (χ1n) is 7.16. The van der Waals surface area contributed by atoms with Crippen molar-refractivity contribution < 1.29 is 0 Å². The van der Waals surface area contributed by atoms with Gasteiger partial charge in [-0.1, -0.05) is 40.0 Å². The first-order valence-corrected chi connectivity index (χ1v) is 7.16. The van der Waals surface area contributed by atoms with Gasteiger partial charge >= 0.3 is 0 Å². The molecule has 2 aliphatic carbocycles. The molecule has 96 valence electrons. The predicted octanol–water partition coefficient (Wildman–Crippen LogP) is 3.59. The molecule has 0 radical (unpaired) electrons. The quantitative estimate of drug-likeness (QED) is 0.732. The van der Waals surface area contributed by atoms with Crippen molar-refractivity contribution in [2.24, 2.45) is 16.7 Å². The Bertz CT molecular complexity index is 320. The molecule has 2 rings (SSSR count). The molecule has 0 spiro atoms. The second-order valence-electron chi connectivity index (χ2n) is 7.02. The zero-order valence-electron chi connectivity index (χ0n) is 11.8. The molecule has 4 atom stereocenters. The Balaban J connectivity index is 2.12. The molecular formula is C16H27N. The molecule has 2 aliphatic rings. The number of rotatable bonds is 4. The zero-order chi connectivity index (χ0) is 12.7. The number of terminal acetylenes is 1. The van der Waals surface area contributed by atoms with Gasteiger partial charge in [-0.15, -0.1) is 6.42 Å². The van der Waals surface area contributed by atoms with Crippen LogP contribution in [0, 0.1) is 29.1 Å². The maximum absolute atomic E-state index is 5.65. The highest BCUT2D eigenvalue weighted by Crippen LogP contribution is 2.62. The average molecular weight is 233 g/mol. The van der Waals surface area contributed by atoms with E-state index in [1.165, 1.54) is 19.3 Å². The van der Waals surface area contributed by atoms with Crippen molar-refractivity contribution in [1.82, 2.24) is 5.32 Å². The summed E-state index contributed by atoms with van der Waals surface area (Å²) in [5.41, 5.74) is 0.896. The van der Waals surface area contributed by atoms with Gasteiger partial charge in [0, 0.05) is 6.04 Å². The van der Waals surface area contributed by atoms with E-state index in [2.05, 4.69) is 38.9 Å². The van der Waals surface area contributed by atoms with Gasteiger partial charge in [0.05, 0.1) is 6.04 Å². The first-order chi connectivity index (χ1) is 7.94. The lowest BCUT2D eigenvalue weighted by Gasteiger charge is -2.44. The van der Waals surface area contributed by atoms with Crippen LogP contribution in [-0.4, -0.2) is 12.1 Å². The molecule has 0 aromatic carbocycles. The first kappa shape index (κ1) is 13.0. The Morgan fingerprint density at radius 3 is 2.59 bits per heavy atom. The van der Waals surface area contributed by atoms with Gasteiger partial charge in [-0.3, -0.25) is 5.32 Å². The van der Waals surface area contributed by atoms with Gasteiger partial charge in [0.25, 0.3) is 0 Å². The van der Waals surface area contributed by atoms with Gasteiger partial charge in [-0.05, 0) is 42.4 Å². The third-order valence-corrected chi connectivity index (χ3v) is 5.42. The molecule has 2 saturated carbocycles. The monoisotopic (exact) mass is 233 g/mol. The van der Waals surface area contributed by atoms with Crippen LogP contribution in [0.15, 0.2) is 0 Å². The van der Waals surface area contributed by atoms with Crippen molar-refractivity contribution in [3.8, 4) is 12.3 Å². The molecule has 1 heteroatoms. The van der Waals surface area contributed by atoms with Gasteiger partial charge in [-0.25, -0.2) is 0 Å². The lowest BCUT2D eigenvalue weighted by atomic mass is 9.68. The van der Waals surface area contributed by atoms with Crippen LogP contribution in [0.1, 0.15) is 59.8 Å². The van der Waals surface area contributed by atoms with Crippen LogP contribution >= 0.6 is 0 Å². The van der Waals surface area contributed by atoms with E-state index >= 15 is 0 Å². The minimum atomic E-state index is 0.264. The maximum atomic E-state index is 5.65. The third kappa shape index (κ3) is 2.02. The van der Waals surface area contributed by atoms with Crippen molar-refractivity contribution in [3.63, 3.8) is 0 Å². The Kier molecular flexibility index (Phi) is 3.29. The van der Waals surface area contributed by atoms with Crippen LogP contribution in [-0.2, 0) is 0 Å².